The molecule has 0 fully saturated rings. The zero-order valence-electron chi connectivity index (χ0n) is 15.7. The summed E-state index contributed by atoms with van der Waals surface area (Å²) in [7, 11) is 3.95. The van der Waals surface area contributed by atoms with Gasteiger partial charge in [0.1, 0.15) is 11.8 Å². The van der Waals surface area contributed by atoms with Gasteiger partial charge in [0.05, 0.1) is 12.3 Å². The first-order chi connectivity index (χ1) is 13.7. The molecule has 6 nitrogen and oxygen atoms in total. The molecule has 140 valence electrons. The maximum Gasteiger partial charge on any atom is 0.232 e. The number of oxazole rings is 1. The molecule has 4 aromatic rings. The van der Waals surface area contributed by atoms with Crippen LogP contribution < -0.4 is 5.32 Å². The Morgan fingerprint density at radius 2 is 1.93 bits per heavy atom. The van der Waals surface area contributed by atoms with Crippen LogP contribution in [0.25, 0.3) is 22.2 Å². The molecular weight excluding hydrogens is 352 g/mol. The fourth-order valence-corrected chi connectivity index (χ4v) is 3.25. The molecular formula is C22H20N4O2. The van der Waals surface area contributed by atoms with Crippen LogP contribution in [0.4, 0.5) is 5.88 Å². The van der Waals surface area contributed by atoms with Crippen LogP contribution in [0.5, 0.6) is 0 Å². The van der Waals surface area contributed by atoms with Crippen molar-refractivity contribution in [2.75, 3.05) is 26.0 Å². The van der Waals surface area contributed by atoms with E-state index in [-0.39, 0.29) is 11.7 Å². The first kappa shape index (κ1) is 17.8. The van der Waals surface area contributed by atoms with Crippen molar-refractivity contribution < 1.29 is 8.83 Å². The van der Waals surface area contributed by atoms with Gasteiger partial charge in [-0.05, 0) is 43.1 Å². The van der Waals surface area contributed by atoms with Crippen molar-refractivity contribution in [3.8, 4) is 17.5 Å². The highest BCUT2D eigenvalue weighted by molar-refractivity contribution is 5.94. The number of hydrogen-bond acceptors (Lipinski definition) is 6. The van der Waals surface area contributed by atoms with Gasteiger partial charge >= 0.3 is 0 Å². The highest BCUT2D eigenvalue weighted by Gasteiger charge is 2.20. The number of nitriles is 1. The Labute approximate surface area is 163 Å². The first-order valence-corrected chi connectivity index (χ1v) is 9.00. The van der Waals surface area contributed by atoms with Crippen LogP contribution in [0, 0.1) is 11.3 Å². The number of rotatable bonds is 6. The molecule has 0 radical (unpaired) electrons. The highest BCUT2D eigenvalue weighted by Crippen LogP contribution is 2.31. The second kappa shape index (κ2) is 7.59. The zero-order valence-corrected chi connectivity index (χ0v) is 15.7. The molecule has 0 aliphatic carbocycles. The standard InChI is InChI=1S/C22H20N4O2/c1-26(2)19(20-11-6-12-27-20)14-24-22-18(13-23)25-21(28-22)17-10-5-8-15-7-3-4-9-16(15)17/h3-12,19,24H,14H2,1-2H3. The van der Waals surface area contributed by atoms with Crippen LogP contribution in [0.3, 0.4) is 0 Å². The van der Waals surface area contributed by atoms with E-state index in [1.807, 2.05) is 73.6 Å². The lowest BCUT2D eigenvalue weighted by Gasteiger charge is -2.22. The molecule has 6 heteroatoms. The smallest absolute Gasteiger partial charge is 0.232 e. The normalized spacial score (nSPS) is 12.2. The average molecular weight is 372 g/mol. The molecule has 1 atom stereocenters. The number of fused-ring (bicyclic) bond motifs is 1. The number of nitrogens with one attached hydrogen (secondary N) is 1. The van der Waals surface area contributed by atoms with Gasteiger partial charge in [-0.1, -0.05) is 36.4 Å². The summed E-state index contributed by atoms with van der Waals surface area (Å²) in [5, 5.41) is 14.9. The summed E-state index contributed by atoms with van der Waals surface area (Å²) in [6.45, 7) is 0.513. The molecule has 0 spiro atoms. The van der Waals surface area contributed by atoms with Gasteiger partial charge < -0.3 is 14.2 Å². The molecule has 0 saturated carbocycles. The molecule has 0 aliphatic rings. The Morgan fingerprint density at radius 3 is 2.68 bits per heavy atom. The number of furan rings is 1. The predicted molar refractivity (Wildman–Crippen MR) is 108 cm³/mol. The molecule has 2 aromatic carbocycles. The van der Waals surface area contributed by atoms with E-state index in [1.165, 1.54) is 0 Å². The van der Waals surface area contributed by atoms with E-state index in [2.05, 4.69) is 16.4 Å². The highest BCUT2D eigenvalue weighted by atomic mass is 16.4. The third kappa shape index (κ3) is 3.36. The van der Waals surface area contributed by atoms with Crippen LogP contribution in [0.15, 0.2) is 69.7 Å². The second-order valence-corrected chi connectivity index (χ2v) is 6.71. The van der Waals surface area contributed by atoms with Crippen molar-refractivity contribution in [2.45, 2.75) is 6.04 Å². The average Bonchev–Trinajstić information content (AvgIpc) is 3.37. The van der Waals surface area contributed by atoms with Crippen molar-refractivity contribution in [3.63, 3.8) is 0 Å². The number of likely N-dealkylation sites (N-methyl/N-ethyl adjacent to an activating group) is 1. The van der Waals surface area contributed by atoms with E-state index in [1.54, 1.807) is 6.26 Å². The fraction of sp³-hybridized carbons (Fsp3) is 0.182. The molecule has 4 rings (SSSR count). The number of hydrogen-bond donors (Lipinski definition) is 1. The molecule has 1 unspecified atom stereocenters. The number of anilines is 1. The van der Waals surface area contributed by atoms with Gasteiger partial charge in [-0.15, -0.1) is 0 Å². The molecule has 1 N–H and O–H groups in total. The Hall–Kier alpha value is -3.56. The molecule has 2 aromatic heterocycles. The summed E-state index contributed by atoms with van der Waals surface area (Å²) in [5.74, 6) is 1.63. The SMILES string of the molecule is CN(C)C(CNc1oc(-c2cccc3ccccc23)nc1C#N)c1ccco1. The van der Waals surface area contributed by atoms with Crippen LogP contribution >= 0.6 is 0 Å². The van der Waals surface area contributed by atoms with Gasteiger partial charge in [-0.25, -0.2) is 0 Å². The Balaban J connectivity index is 1.64. The van der Waals surface area contributed by atoms with Crippen LogP contribution in [0.2, 0.25) is 0 Å². The van der Waals surface area contributed by atoms with E-state index in [0.29, 0.717) is 18.3 Å². The summed E-state index contributed by atoms with van der Waals surface area (Å²) in [6, 6.07) is 19.9. The van der Waals surface area contributed by atoms with Crippen molar-refractivity contribution in [3.05, 3.63) is 72.3 Å². The van der Waals surface area contributed by atoms with E-state index in [9.17, 15) is 5.26 Å². The third-order valence-corrected chi connectivity index (χ3v) is 4.70. The van der Waals surface area contributed by atoms with Gasteiger partial charge in [-0.2, -0.15) is 10.2 Å². The Kier molecular flexibility index (Phi) is 4.83. The second-order valence-electron chi connectivity index (χ2n) is 6.71. The van der Waals surface area contributed by atoms with E-state index in [0.717, 1.165) is 22.1 Å². The van der Waals surface area contributed by atoms with Crippen LogP contribution in [-0.2, 0) is 0 Å². The number of benzene rings is 2. The topological polar surface area (TPSA) is 78.2 Å². The van der Waals surface area contributed by atoms with Crippen molar-refractivity contribution in [1.82, 2.24) is 9.88 Å². The lowest BCUT2D eigenvalue weighted by Crippen LogP contribution is -2.26. The molecule has 0 bridgehead atoms. The quantitative estimate of drug-likeness (QED) is 0.530. The first-order valence-electron chi connectivity index (χ1n) is 9.00. The number of aromatic nitrogens is 1. The molecule has 0 saturated heterocycles. The lowest BCUT2D eigenvalue weighted by molar-refractivity contribution is 0.268. The molecule has 28 heavy (non-hydrogen) atoms. The van der Waals surface area contributed by atoms with Crippen LogP contribution in [-0.4, -0.2) is 30.5 Å². The summed E-state index contributed by atoms with van der Waals surface area (Å²) in [4.78, 5) is 6.45. The minimum atomic E-state index is -0.00681. The molecule has 2 heterocycles. The summed E-state index contributed by atoms with van der Waals surface area (Å²) in [5.41, 5.74) is 1.10. The maximum absolute atomic E-state index is 9.51. The van der Waals surface area contributed by atoms with E-state index >= 15 is 0 Å². The van der Waals surface area contributed by atoms with Crippen LogP contribution in [0.1, 0.15) is 17.5 Å². The summed E-state index contributed by atoms with van der Waals surface area (Å²) >= 11 is 0. The Bertz CT molecular complexity index is 1120. The van der Waals surface area contributed by atoms with Gasteiger partial charge in [-0.3, -0.25) is 4.90 Å². The van der Waals surface area contributed by atoms with Crippen molar-refractivity contribution in [1.29, 1.82) is 5.26 Å². The van der Waals surface area contributed by atoms with Gasteiger partial charge in [0, 0.05) is 12.1 Å². The van der Waals surface area contributed by atoms with Gasteiger partial charge in [0.15, 0.2) is 0 Å². The third-order valence-electron chi connectivity index (χ3n) is 4.70. The van der Waals surface area contributed by atoms with E-state index in [4.69, 9.17) is 8.83 Å². The summed E-state index contributed by atoms with van der Waals surface area (Å²) < 4.78 is 11.5. The van der Waals surface area contributed by atoms with Gasteiger partial charge in [0.2, 0.25) is 17.5 Å². The van der Waals surface area contributed by atoms with Gasteiger partial charge in [0.25, 0.3) is 0 Å². The largest absolute Gasteiger partial charge is 0.468 e. The zero-order chi connectivity index (χ0) is 19.5. The predicted octanol–water partition coefficient (Wildman–Crippen LogP) is 4.67. The maximum atomic E-state index is 9.51. The lowest BCUT2D eigenvalue weighted by atomic mass is 10.0. The fourth-order valence-electron chi connectivity index (χ4n) is 3.25. The number of nitrogens with zero attached hydrogens (tertiary/aromatic N) is 3. The van der Waals surface area contributed by atoms with E-state index < -0.39 is 0 Å². The minimum absolute atomic E-state index is 0.00681. The van der Waals surface area contributed by atoms with Crippen molar-refractivity contribution in [2.24, 2.45) is 0 Å². The molecule has 0 amide bonds. The minimum Gasteiger partial charge on any atom is -0.468 e. The summed E-state index contributed by atoms with van der Waals surface area (Å²) in [6.07, 6.45) is 1.65. The van der Waals surface area contributed by atoms with Crippen molar-refractivity contribution >= 4 is 16.7 Å². The molecule has 0 aliphatic heterocycles. The Morgan fingerprint density at radius 1 is 1.11 bits per heavy atom. The monoisotopic (exact) mass is 372 g/mol.